The van der Waals surface area contributed by atoms with Crippen molar-refractivity contribution in [2.24, 2.45) is 5.73 Å². The van der Waals surface area contributed by atoms with Gasteiger partial charge in [0.1, 0.15) is 11.6 Å². The van der Waals surface area contributed by atoms with Crippen molar-refractivity contribution in [3.63, 3.8) is 0 Å². The zero-order chi connectivity index (χ0) is 15.2. The largest absolute Gasteiger partial charge is 0.497 e. The van der Waals surface area contributed by atoms with Crippen LogP contribution >= 0.6 is 0 Å². The SMILES string of the molecule is COc1cccc(C(CN)N(C)Cc2cccc(F)c2)c1. The molecule has 0 aliphatic carbocycles. The summed E-state index contributed by atoms with van der Waals surface area (Å²) in [6.07, 6.45) is 0. The third-order valence-corrected chi connectivity index (χ3v) is 3.55. The van der Waals surface area contributed by atoms with Gasteiger partial charge in [0.05, 0.1) is 7.11 Å². The third-order valence-electron chi connectivity index (χ3n) is 3.55. The van der Waals surface area contributed by atoms with E-state index in [1.165, 1.54) is 6.07 Å². The molecule has 0 radical (unpaired) electrons. The molecule has 0 aliphatic rings. The minimum atomic E-state index is -0.216. The van der Waals surface area contributed by atoms with E-state index < -0.39 is 0 Å². The molecule has 1 atom stereocenters. The van der Waals surface area contributed by atoms with E-state index in [4.69, 9.17) is 10.5 Å². The lowest BCUT2D eigenvalue weighted by Gasteiger charge is -2.27. The van der Waals surface area contributed by atoms with E-state index in [2.05, 4.69) is 4.90 Å². The first kappa shape index (κ1) is 15.5. The molecule has 0 aromatic heterocycles. The molecule has 0 heterocycles. The number of methoxy groups -OCH3 is 1. The van der Waals surface area contributed by atoms with Crippen molar-refractivity contribution >= 4 is 0 Å². The van der Waals surface area contributed by atoms with Crippen LogP contribution in [0.4, 0.5) is 4.39 Å². The maximum Gasteiger partial charge on any atom is 0.123 e. The first-order chi connectivity index (χ1) is 10.1. The predicted octanol–water partition coefficient (Wildman–Crippen LogP) is 2.97. The molecule has 2 aromatic carbocycles. The highest BCUT2D eigenvalue weighted by atomic mass is 19.1. The van der Waals surface area contributed by atoms with Gasteiger partial charge < -0.3 is 10.5 Å². The van der Waals surface area contributed by atoms with E-state index in [-0.39, 0.29) is 11.9 Å². The number of halogens is 1. The van der Waals surface area contributed by atoms with E-state index in [9.17, 15) is 4.39 Å². The normalized spacial score (nSPS) is 12.4. The monoisotopic (exact) mass is 288 g/mol. The molecule has 0 fully saturated rings. The summed E-state index contributed by atoms with van der Waals surface area (Å²) in [5.74, 6) is 0.594. The summed E-state index contributed by atoms with van der Waals surface area (Å²) >= 11 is 0. The molecule has 4 heteroatoms. The van der Waals surface area contributed by atoms with E-state index in [0.29, 0.717) is 13.1 Å². The molecule has 2 rings (SSSR count). The summed E-state index contributed by atoms with van der Waals surface area (Å²) in [6, 6.07) is 14.6. The average Bonchev–Trinajstić information content (AvgIpc) is 2.48. The molecule has 0 aliphatic heterocycles. The fourth-order valence-corrected chi connectivity index (χ4v) is 2.45. The second-order valence-electron chi connectivity index (χ2n) is 5.07. The average molecular weight is 288 g/mol. The molecule has 2 N–H and O–H groups in total. The zero-order valence-corrected chi connectivity index (χ0v) is 12.4. The molecule has 0 amide bonds. The Morgan fingerprint density at radius 3 is 2.62 bits per heavy atom. The number of nitrogens with zero attached hydrogens (tertiary/aromatic N) is 1. The smallest absolute Gasteiger partial charge is 0.123 e. The van der Waals surface area contributed by atoms with Crippen LogP contribution in [-0.2, 0) is 6.54 Å². The van der Waals surface area contributed by atoms with Crippen LogP contribution in [0.3, 0.4) is 0 Å². The van der Waals surface area contributed by atoms with E-state index in [1.807, 2.05) is 37.4 Å². The fourth-order valence-electron chi connectivity index (χ4n) is 2.45. The van der Waals surface area contributed by atoms with Crippen molar-refractivity contribution in [1.82, 2.24) is 4.90 Å². The van der Waals surface area contributed by atoms with Gasteiger partial charge in [0.2, 0.25) is 0 Å². The van der Waals surface area contributed by atoms with Gasteiger partial charge >= 0.3 is 0 Å². The Hall–Kier alpha value is -1.91. The maximum absolute atomic E-state index is 13.3. The maximum atomic E-state index is 13.3. The molecular weight excluding hydrogens is 267 g/mol. The van der Waals surface area contributed by atoms with Gasteiger partial charge in [-0.15, -0.1) is 0 Å². The van der Waals surface area contributed by atoms with Crippen LogP contribution in [0.25, 0.3) is 0 Å². The van der Waals surface area contributed by atoms with Crippen LogP contribution in [0.5, 0.6) is 5.75 Å². The van der Waals surface area contributed by atoms with Gasteiger partial charge in [0, 0.05) is 19.1 Å². The highest BCUT2D eigenvalue weighted by molar-refractivity contribution is 5.31. The standard InChI is InChI=1S/C17H21FN2O/c1-20(12-13-5-3-7-15(18)9-13)17(11-19)14-6-4-8-16(10-14)21-2/h3-10,17H,11-12,19H2,1-2H3. The lowest BCUT2D eigenvalue weighted by atomic mass is 10.0. The number of nitrogens with two attached hydrogens (primary N) is 1. The summed E-state index contributed by atoms with van der Waals surface area (Å²) in [5.41, 5.74) is 7.95. The van der Waals surface area contributed by atoms with Crippen molar-refractivity contribution in [1.29, 1.82) is 0 Å². The topological polar surface area (TPSA) is 38.5 Å². The van der Waals surface area contributed by atoms with Crippen LogP contribution in [-0.4, -0.2) is 25.6 Å². The van der Waals surface area contributed by atoms with Gasteiger partial charge in [-0.25, -0.2) is 4.39 Å². The van der Waals surface area contributed by atoms with Gasteiger partial charge in [0.25, 0.3) is 0 Å². The Morgan fingerprint density at radius 2 is 1.95 bits per heavy atom. The van der Waals surface area contributed by atoms with Crippen molar-refractivity contribution < 1.29 is 9.13 Å². The predicted molar refractivity (Wildman–Crippen MR) is 82.7 cm³/mol. The zero-order valence-electron chi connectivity index (χ0n) is 12.4. The molecular formula is C17H21FN2O. The second-order valence-corrected chi connectivity index (χ2v) is 5.07. The van der Waals surface area contributed by atoms with Crippen molar-refractivity contribution in [2.75, 3.05) is 20.7 Å². The number of ether oxygens (including phenoxy) is 1. The summed E-state index contributed by atoms with van der Waals surface area (Å²) in [7, 11) is 3.63. The third kappa shape index (κ3) is 4.03. The molecule has 1 unspecified atom stereocenters. The lowest BCUT2D eigenvalue weighted by Crippen LogP contribution is -2.30. The number of hydrogen-bond donors (Lipinski definition) is 1. The molecule has 112 valence electrons. The van der Waals surface area contributed by atoms with Gasteiger partial charge in [-0.3, -0.25) is 4.90 Å². The minimum absolute atomic E-state index is 0.0587. The Labute approximate surface area is 125 Å². The highest BCUT2D eigenvalue weighted by Crippen LogP contribution is 2.24. The Bertz CT molecular complexity index is 589. The molecule has 2 aromatic rings. The van der Waals surface area contributed by atoms with Crippen molar-refractivity contribution in [3.05, 3.63) is 65.5 Å². The molecule has 3 nitrogen and oxygen atoms in total. The molecule has 21 heavy (non-hydrogen) atoms. The number of rotatable bonds is 6. The summed E-state index contributed by atoms with van der Waals surface area (Å²) in [5, 5.41) is 0. The second kappa shape index (κ2) is 7.20. The minimum Gasteiger partial charge on any atom is -0.497 e. The Balaban J connectivity index is 2.16. The number of benzene rings is 2. The highest BCUT2D eigenvalue weighted by Gasteiger charge is 2.16. The fraction of sp³-hybridized carbons (Fsp3) is 0.294. The first-order valence-corrected chi connectivity index (χ1v) is 6.92. The molecule has 0 saturated heterocycles. The first-order valence-electron chi connectivity index (χ1n) is 6.92. The molecule has 0 bridgehead atoms. The van der Waals surface area contributed by atoms with Crippen LogP contribution in [0.15, 0.2) is 48.5 Å². The molecule has 0 saturated carbocycles. The lowest BCUT2D eigenvalue weighted by molar-refractivity contribution is 0.241. The summed E-state index contributed by atoms with van der Waals surface area (Å²) < 4.78 is 18.5. The van der Waals surface area contributed by atoms with Crippen LogP contribution in [0, 0.1) is 5.82 Å². The van der Waals surface area contributed by atoms with Crippen molar-refractivity contribution in [2.45, 2.75) is 12.6 Å². The number of likely N-dealkylation sites (N-methyl/N-ethyl adjacent to an activating group) is 1. The number of hydrogen-bond acceptors (Lipinski definition) is 3. The quantitative estimate of drug-likeness (QED) is 0.888. The van der Waals surface area contributed by atoms with Gasteiger partial charge in [-0.05, 0) is 42.4 Å². The van der Waals surface area contributed by atoms with Gasteiger partial charge in [-0.2, -0.15) is 0 Å². The van der Waals surface area contributed by atoms with E-state index in [1.54, 1.807) is 19.2 Å². The van der Waals surface area contributed by atoms with Gasteiger partial charge in [0.15, 0.2) is 0 Å². The van der Waals surface area contributed by atoms with Crippen LogP contribution in [0.2, 0.25) is 0 Å². The van der Waals surface area contributed by atoms with E-state index >= 15 is 0 Å². The van der Waals surface area contributed by atoms with Crippen LogP contribution in [0.1, 0.15) is 17.2 Å². The summed E-state index contributed by atoms with van der Waals surface area (Å²) in [4.78, 5) is 2.11. The van der Waals surface area contributed by atoms with Gasteiger partial charge in [-0.1, -0.05) is 24.3 Å². The van der Waals surface area contributed by atoms with Crippen molar-refractivity contribution in [3.8, 4) is 5.75 Å². The summed E-state index contributed by atoms with van der Waals surface area (Å²) in [6.45, 7) is 1.12. The molecule has 0 spiro atoms. The van der Waals surface area contributed by atoms with Crippen LogP contribution < -0.4 is 10.5 Å². The Kier molecular flexibility index (Phi) is 5.31. The van der Waals surface area contributed by atoms with E-state index in [0.717, 1.165) is 16.9 Å². The Morgan fingerprint density at radius 1 is 1.19 bits per heavy atom.